The van der Waals surface area contributed by atoms with E-state index in [4.69, 9.17) is 11.6 Å². The number of nitrogens with one attached hydrogen (secondary N) is 2. The van der Waals surface area contributed by atoms with Crippen LogP contribution in [0.4, 0.5) is 30.6 Å². The first-order valence-corrected chi connectivity index (χ1v) is 6.57. The SMILES string of the molecule is CCCNc1ncc(Cl)c(Nc2cc(F)cc(F)c2F)n1. The third kappa shape index (κ3) is 3.75. The molecule has 112 valence electrons. The zero-order valence-corrected chi connectivity index (χ0v) is 11.8. The molecule has 2 rings (SSSR count). The summed E-state index contributed by atoms with van der Waals surface area (Å²) in [5.41, 5.74) is -0.394. The summed E-state index contributed by atoms with van der Waals surface area (Å²) in [6.45, 7) is 2.61. The lowest BCUT2D eigenvalue weighted by Gasteiger charge is -2.10. The Morgan fingerprint density at radius 1 is 1.24 bits per heavy atom. The summed E-state index contributed by atoms with van der Waals surface area (Å²) in [6.07, 6.45) is 2.17. The van der Waals surface area contributed by atoms with Gasteiger partial charge in [-0.2, -0.15) is 4.98 Å². The third-order valence-corrected chi connectivity index (χ3v) is 2.80. The molecule has 1 aromatic carbocycles. The quantitative estimate of drug-likeness (QED) is 0.815. The van der Waals surface area contributed by atoms with Gasteiger partial charge in [0.05, 0.1) is 11.9 Å². The lowest BCUT2D eigenvalue weighted by atomic mass is 10.3. The number of anilines is 3. The van der Waals surface area contributed by atoms with E-state index in [-0.39, 0.29) is 16.8 Å². The Balaban J connectivity index is 2.30. The number of hydrogen-bond donors (Lipinski definition) is 2. The smallest absolute Gasteiger partial charge is 0.224 e. The highest BCUT2D eigenvalue weighted by Crippen LogP contribution is 2.27. The molecule has 8 heteroatoms. The van der Waals surface area contributed by atoms with E-state index in [1.165, 1.54) is 6.20 Å². The Hall–Kier alpha value is -2.02. The van der Waals surface area contributed by atoms with Gasteiger partial charge in [-0.15, -0.1) is 0 Å². The summed E-state index contributed by atoms with van der Waals surface area (Å²) in [6, 6.07) is 1.27. The molecule has 0 amide bonds. The number of aromatic nitrogens is 2. The summed E-state index contributed by atoms with van der Waals surface area (Å²) in [5, 5.41) is 5.48. The highest BCUT2D eigenvalue weighted by atomic mass is 35.5. The first-order valence-electron chi connectivity index (χ1n) is 6.19. The zero-order valence-electron chi connectivity index (χ0n) is 11.1. The van der Waals surface area contributed by atoms with Crippen LogP contribution in [0.3, 0.4) is 0 Å². The first kappa shape index (κ1) is 15.4. The molecule has 0 bridgehead atoms. The van der Waals surface area contributed by atoms with Gasteiger partial charge in [-0.25, -0.2) is 18.2 Å². The van der Waals surface area contributed by atoms with Gasteiger partial charge in [0.25, 0.3) is 0 Å². The molecule has 2 aromatic rings. The number of benzene rings is 1. The van der Waals surface area contributed by atoms with Crippen molar-refractivity contribution >= 4 is 29.1 Å². The second-order valence-electron chi connectivity index (χ2n) is 4.19. The van der Waals surface area contributed by atoms with Crippen molar-refractivity contribution in [3.8, 4) is 0 Å². The molecule has 0 aliphatic carbocycles. The number of nitrogens with zero attached hydrogens (tertiary/aromatic N) is 2. The molecule has 4 nitrogen and oxygen atoms in total. The average molecular weight is 317 g/mol. The Morgan fingerprint density at radius 3 is 2.71 bits per heavy atom. The third-order valence-electron chi connectivity index (χ3n) is 2.52. The van der Waals surface area contributed by atoms with Gasteiger partial charge in [0, 0.05) is 18.7 Å². The van der Waals surface area contributed by atoms with E-state index in [2.05, 4.69) is 20.6 Å². The first-order chi connectivity index (χ1) is 10.0. The molecule has 2 N–H and O–H groups in total. The van der Waals surface area contributed by atoms with E-state index in [9.17, 15) is 13.2 Å². The minimum absolute atomic E-state index is 0.0502. The molecule has 0 atom stereocenters. The van der Waals surface area contributed by atoms with E-state index in [1.807, 2.05) is 6.92 Å². The number of hydrogen-bond acceptors (Lipinski definition) is 4. The van der Waals surface area contributed by atoms with Crippen molar-refractivity contribution in [2.45, 2.75) is 13.3 Å². The fourth-order valence-electron chi connectivity index (χ4n) is 1.55. The molecule has 0 aliphatic heterocycles. The molecule has 1 aromatic heterocycles. The summed E-state index contributed by atoms with van der Waals surface area (Å²) in [5.74, 6) is -3.10. The standard InChI is InChI=1S/C13H12ClF3N4/c1-2-3-18-13-19-6-8(14)12(21-13)20-10-5-7(15)4-9(16)11(10)17/h4-6H,2-3H2,1H3,(H2,18,19,20,21). The largest absolute Gasteiger partial charge is 0.354 e. The Kier molecular flexibility index (Phi) is 4.85. The maximum atomic E-state index is 13.6. The predicted molar refractivity (Wildman–Crippen MR) is 75.4 cm³/mol. The molecule has 0 aliphatic rings. The van der Waals surface area contributed by atoms with E-state index >= 15 is 0 Å². The van der Waals surface area contributed by atoms with Crippen LogP contribution in [0.5, 0.6) is 0 Å². The summed E-state index contributed by atoms with van der Waals surface area (Å²) in [7, 11) is 0. The van der Waals surface area contributed by atoms with E-state index in [1.54, 1.807) is 0 Å². The van der Waals surface area contributed by atoms with E-state index in [0.717, 1.165) is 12.5 Å². The van der Waals surface area contributed by atoms with Crippen LogP contribution in [0, 0.1) is 17.5 Å². The highest BCUT2D eigenvalue weighted by Gasteiger charge is 2.13. The van der Waals surface area contributed by atoms with Crippen LogP contribution in [0.15, 0.2) is 18.3 Å². The van der Waals surface area contributed by atoms with E-state index < -0.39 is 23.1 Å². The lowest BCUT2D eigenvalue weighted by Crippen LogP contribution is -2.07. The van der Waals surface area contributed by atoms with Gasteiger partial charge in [0.2, 0.25) is 5.95 Å². The van der Waals surface area contributed by atoms with Gasteiger partial charge in [-0.3, -0.25) is 0 Å². The average Bonchev–Trinajstić information content (AvgIpc) is 2.45. The van der Waals surface area contributed by atoms with Gasteiger partial charge >= 0.3 is 0 Å². The maximum absolute atomic E-state index is 13.6. The van der Waals surface area contributed by atoms with Gasteiger partial charge in [0.15, 0.2) is 17.5 Å². The second kappa shape index (κ2) is 6.62. The van der Waals surface area contributed by atoms with Crippen LogP contribution >= 0.6 is 11.6 Å². The summed E-state index contributed by atoms with van der Waals surface area (Å²) in [4.78, 5) is 7.97. The fourth-order valence-corrected chi connectivity index (χ4v) is 1.69. The Bertz CT molecular complexity index is 652. The highest BCUT2D eigenvalue weighted by molar-refractivity contribution is 6.32. The van der Waals surface area contributed by atoms with Crippen LogP contribution in [0.25, 0.3) is 0 Å². The maximum Gasteiger partial charge on any atom is 0.224 e. The summed E-state index contributed by atoms with van der Waals surface area (Å²) >= 11 is 5.89. The van der Waals surface area contributed by atoms with Crippen molar-refractivity contribution in [2.75, 3.05) is 17.2 Å². The van der Waals surface area contributed by atoms with Crippen molar-refractivity contribution in [3.63, 3.8) is 0 Å². The van der Waals surface area contributed by atoms with Crippen LogP contribution in [-0.2, 0) is 0 Å². The van der Waals surface area contributed by atoms with Gasteiger partial charge in [0.1, 0.15) is 10.8 Å². The minimum Gasteiger partial charge on any atom is -0.354 e. The fraction of sp³-hybridized carbons (Fsp3) is 0.231. The van der Waals surface area contributed by atoms with Crippen molar-refractivity contribution in [1.29, 1.82) is 0 Å². The molecule has 21 heavy (non-hydrogen) atoms. The summed E-state index contributed by atoms with van der Waals surface area (Å²) < 4.78 is 39.9. The molecule has 1 heterocycles. The van der Waals surface area contributed by atoms with Crippen molar-refractivity contribution in [3.05, 3.63) is 40.8 Å². The van der Waals surface area contributed by atoms with E-state index in [0.29, 0.717) is 12.6 Å². The van der Waals surface area contributed by atoms with Crippen LogP contribution in [0.1, 0.15) is 13.3 Å². The molecule has 0 unspecified atom stereocenters. The van der Waals surface area contributed by atoms with Crippen molar-refractivity contribution < 1.29 is 13.2 Å². The van der Waals surface area contributed by atoms with Crippen LogP contribution in [0.2, 0.25) is 5.02 Å². The molecule has 0 saturated carbocycles. The minimum atomic E-state index is -1.30. The van der Waals surface area contributed by atoms with Gasteiger partial charge in [-0.1, -0.05) is 18.5 Å². The monoisotopic (exact) mass is 316 g/mol. The van der Waals surface area contributed by atoms with Gasteiger partial charge < -0.3 is 10.6 Å². The topological polar surface area (TPSA) is 49.8 Å². The normalized spacial score (nSPS) is 10.5. The second-order valence-corrected chi connectivity index (χ2v) is 4.60. The molecular formula is C13H12ClF3N4. The molecular weight excluding hydrogens is 305 g/mol. The molecule has 0 spiro atoms. The molecule has 0 fully saturated rings. The zero-order chi connectivity index (χ0) is 15.4. The number of halogens is 4. The molecule has 0 saturated heterocycles. The van der Waals surface area contributed by atoms with Crippen molar-refractivity contribution in [1.82, 2.24) is 9.97 Å². The van der Waals surface area contributed by atoms with Crippen LogP contribution < -0.4 is 10.6 Å². The Labute approximate surface area is 124 Å². The number of rotatable bonds is 5. The van der Waals surface area contributed by atoms with Crippen molar-refractivity contribution in [2.24, 2.45) is 0 Å². The van der Waals surface area contributed by atoms with Gasteiger partial charge in [-0.05, 0) is 6.42 Å². The predicted octanol–water partition coefficient (Wildman–Crippen LogP) is 4.11. The molecule has 0 radical (unpaired) electrons. The Morgan fingerprint density at radius 2 is 2.00 bits per heavy atom. The lowest BCUT2D eigenvalue weighted by molar-refractivity contribution is 0.498. The van der Waals surface area contributed by atoms with Crippen LogP contribution in [-0.4, -0.2) is 16.5 Å².